The molecule has 0 saturated carbocycles. The van der Waals surface area contributed by atoms with E-state index in [2.05, 4.69) is 41.3 Å². The number of nitrogens with two attached hydrogens (primary N) is 1. The number of benzene rings is 3. The summed E-state index contributed by atoms with van der Waals surface area (Å²) in [4.78, 5) is 14.2. The first kappa shape index (κ1) is 21.9. The van der Waals surface area contributed by atoms with Gasteiger partial charge in [-0.2, -0.15) is 0 Å². The van der Waals surface area contributed by atoms with E-state index in [1.807, 2.05) is 24.3 Å². The number of primary amides is 1. The predicted octanol–water partition coefficient (Wildman–Crippen LogP) is 4.38. The Bertz CT molecular complexity index is 1100. The summed E-state index contributed by atoms with van der Waals surface area (Å²) in [6.07, 6.45) is 1.84. The molecule has 0 spiro atoms. The molecule has 3 aromatic rings. The summed E-state index contributed by atoms with van der Waals surface area (Å²) >= 11 is 0. The van der Waals surface area contributed by atoms with E-state index in [1.54, 1.807) is 20.3 Å². The second-order valence-corrected chi connectivity index (χ2v) is 8.35. The summed E-state index contributed by atoms with van der Waals surface area (Å²) in [6, 6.07) is 22.4. The van der Waals surface area contributed by atoms with Crippen molar-refractivity contribution in [1.29, 1.82) is 0 Å². The molecule has 1 saturated heterocycles. The van der Waals surface area contributed by atoms with Crippen molar-refractivity contribution in [2.45, 2.75) is 25.3 Å². The number of ether oxygens (including phenoxy) is 2. The third kappa shape index (κ3) is 4.94. The number of likely N-dealkylation sites (tertiary alicyclic amines) is 1. The molecule has 32 heavy (non-hydrogen) atoms. The van der Waals surface area contributed by atoms with Crippen LogP contribution in [0.1, 0.15) is 45.0 Å². The third-order valence-electron chi connectivity index (χ3n) is 6.23. The second kappa shape index (κ2) is 9.88. The number of rotatable bonds is 8. The number of nitrogens with zero attached hydrogens (tertiary/aromatic N) is 1. The zero-order valence-corrected chi connectivity index (χ0v) is 18.7. The topological polar surface area (TPSA) is 64.8 Å². The van der Waals surface area contributed by atoms with Gasteiger partial charge >= 0.3 is 0 Å². The summed E-state index contributed by atoms with van der Waals surface area (Å²) in [5.41, 5.74) is 10.9. The van der Waals surface area contributed by atoms with Gasteiger partial charge in [0.15, 0.2) is 11.5 Å². The van der Waals surface area contributed by atoms with Crippen LogP contribution in [0.4, 0.5) is 0 Å². The minimum atomic E-state index is -0.377. The number of amides is 1. The largest absolute Gasteiger partial charge is 0.493 e. The average Bonchev–Trinajstić information content (AvgIpc) is 3.28. The standard InChI is InChI=1S/C27H30N2O3/c1-31-25-11-10-20(16-26(25)32-2)17-29-13-12-23(18-29)21-8-5-6-19(14-21)15-22-7-3-4-9-24(22)27(28)30/h3-11,14,16,23H,12-13,15,17-18H2,1-2H3,(H2,28,30). The smallest absolute Gasteiger partial charge is 0.248 e. The van der Waals surface area contributed by atoms with Gasteiger partial charge in [0.25, 0.3) is 0 Å². The number of carbonyl (C=O) groups is 1. The van der Waals surface area contributed by atoms with Crippen LogP contribution in [0.15, 0.2) is 66.7 Å². The van der Waals surface area contributed by atoms with E-state index >= 15 is 0 Å². The molecule has 0 bridgehead atoms. The summed E-state index contributed by atoms with van der Waals surface area (Å²) in [5, 5.41) is 0. The van der Waals surface area contributed by atoms with E-state index in [0.29, 0.717) is 17.9 Å². The van der Waals surface area contributed by atoms with Crippen molar-refractivity contribution in [3.8, 4) is 11.5 Å². The molecule has 0 radical (unpaired) electrons. The fourth-order valence-corrected chi connectivity index (χ4v) is 4.58. The Morgan fingerprint density at radius 2 is 1.78 bits per heavy atom. The van der Waals surface area contributed by atoms with Crippen LogP contribution in [0.5, 0.6) is 11.5 Å². The van der Waals surface area contributed by atoms with Crippen molar-refractivity contribution in [2.24, 2.45) is 5.73 Å². The lowest BCUT2D eigenvalue weighted by Gasteiger charge is -2.18. The normalized spacial score (nSPS) is 16.1. The zero-order chi connectivity index (χ0) is 22.5. The molecule has 5 nitrogen and oxygen atoms in total. The average molecular weight is 431 g/mol. The lowest BCUT2D eigenvalue weighted by atomic mass is 9.93. The molecule has 2 N–H and O–H groups in total. The first-order chi connectivity index (χ1) is 15.6. The second-order valence-electron chi connectivity index (χ2n) is 8.35. The van der Waals surface area contributed by atoms with Crippen LogP contribution in [0.25, 0.3) is 0 Å². The van der Waals surface area contributed by atoms with Crippen LogP contribution in [0.2, 0.25) is 0 Å². The Morgan fingerprint density at radius 1 is 0.969 bits per heavy atom. The van der Waals surface area contributed by atoms with Gasteiger partial charge in [-0.25, -0.2) is 0 Å². The lowest BCUT2D eigenvalue weighted by molar-refractivity contribution is 0.0999. The molecule has 5 heteroatoms. The van der Waals surface area contributed by atoms with Gasteiger partial charge in [0.05, 0.1) is 14.2 Å². The molecule has 1 aliphatic heterocycles. The number of carbonyl (C=O) groups excluding carboxylic acids is 1. The van der Waals surface area contributed by atoms with Gasteiger partial charge in [-0.05, 0) is 65.8 Å². The summed E-state index contributed by atoms with van der Waals surface area (Å²) in [5.74, 6) is 1.65. The number of methoxy groups -OCH3 is 2. The van der Waals surface area contributed by atoms with Crippen LogP contribution in [-0.2, 0) is 13.0 Å². The van der Waals surface area contributed by atoms with E-state index in [-0.39, 0.29) is 5.91 Å². The van der Waals surface area contributed by atoms with Crippen LogP contribution in [-0.4, -0.2) is 38.1 Å². The molecular weight excluding hydrogens is 400 g/mol. The van der Waals surface area contributed by atoms with Crippen LogP contribution < -0.4 is 15.2 Å². The van der Waals surface area contributed by atoms with E-state index in [0.717, 1.165) is 43.1 Å². The molecular formula is C27H30N2O3. The lowest BCUT2D eigenvalue weighted by Crippen LogP contribution is -2.19. The monoisotopic (exact) mass is 430 g/mol. The number of hydrogen-bond acceptors (Lipinski definition) is 4. The highest BCUT2D eigenvalue weighted by Gasteiger charge is 2.24. The Balaban J connectivity index is 1.43. The van der Waals surface area contributed by atoms with Crippen molar-refractivity contribution < 1.29 is 14.3 Å². The highest BCUT2D eigenvalue weighted by Crippen LogP contribution is 2.32. The van der Waals surface area contributed by atoms with Crippen molar-refractivity contribution >= 4 is 5.91 Å². The summed E-state index contributed by atoms with van der Waals surface area (Å²) in [6.45, 7) is 2.98. The molecule has 1 aliphatic rings. The van der Waals surface area contributed by atoms with E-state index in [1.165, 1.54) is 16.7 Å². The van der Waals surface area contributed by atoms with Gasteiger partial charge in [0.1, 0.15) is 0 Å². The highest BCUT2D eigenvalue weighted by molar-refractivity contribution is 5.94. The SMILES string of the molecule is COc1ccc(CN2CCC(c3cccc(Cc4ccccc4C(N)=O)c3)C2)cc1OC. The predicted molar refractivity (Wildman–Crippen MR) is 126 cm³/mol. The minimum absolute atomic E-state index is 0.377. The maximum atomic E-state index is 11.8. The molecule has 1 fully saturated rings. The van der Waals surface area contributed by atoms with Crippen LogP contribution in [0.3, 0.4) is 0 Å². The van der Waals surface area contributed by atoms with E-state index < -0.39 is 0 Å². The molecule has 0 aromatic heterocycles. The maximum Gasteiger partial charge on any atom is 0.248 e. The Hall–Kier alpha value is -3.31. The highest BCUT2D eigenvalue weighted by atomic mass is 16.5. The molecule has 4 rings (SSSR count). The first-order valence-corrected chi connectivity index (χ1v) is 11.0. The Morgan fingerprint density at radius 3 is 2.56 bits per heavy atom. The van der Waals surface area contributed by atoms with Gasteiger partial charge in [0, 0.05) is 18.7 Å². The molecule has 1 heterocycles. The molecule has 1 atom stereocenters. The summed E-state index contributed by atoms with van der Waals surface area (Å²) < 4.78 is 10.8. The molecule has 166 valence electrons. The molecule has 1 unspecified atom stereocenters. The van der Waals surface area contributed by atoms with Crippen molar-refractivity contribution in [1.82, 2.24) is 4.90 Å². The van der Waals surface area contributed by atoms with E-state index in [4.69, 9.17) is 15.2 Å². The van der Waals surface area contributed by atoms with Gasteiger partial charge < -0.3 is 15.2 Å². The molecule has 1 amide bonds. The van der Waals surface area contributed by atoms with Gasteiger partial charge in [-0.3, -0.25) is 9.69 Å². The number of hydrogen-bond donors (Lipinski definition) is 1. The van der Waals surface area contributed by atoms with Gasteiger partial charge in [0.2, 0.25) is 5.91 Å². The fraction of sp³-hybridized carbons (Fsp3) is 0.296. The fourth-order valence-electron chi connectivity index (χ4n) is 4.58. The Labute approximate surface area is 189 Å². The van der Waals surface area contributed by atoms with Gasteiger partial charge in [-0.1, -0.05) is 48.5 Å². The Kier molecular flexibility index (Phi) is 6.76. The van der Waals surface area contributed by atoms with Crippen LogP contribution >= 0.6 is 0 Å². The summed E-state index contributed by atoms with van der Waals surface area (Å²) in [7, 11) is 3.32. The third-order valence-corrected chi connectivity index (χ3v) is 6.23. The first-order valence-electron chi connectivity index (χ1n) is 11.0. The maximum absolute atomic E-state index is 11.8. The van der Waals surface area contributed by atoms with Crippen molar-refractivity contribution in [2.75, 3.05) is 27.3 Å². The van der Waals surface area contributed by atoms with Gasteiger partial charge in [-0.15, -0.1) is 0 Å². The molecule has 0 aliphatic carbocycles. The van der Waals surface area contributed by atoms with E-state index in [9.17, 15) is 4.79 Å². The zero-order valence-electron chi connectivity index (χ0n) is 18.7. The van der Waals surface area contributed by atoms with Crippen LogP contribution in [0, 0.1) is 0 Å². The minimum Gasteiger partial charge on any atom is -0.493 e. The van der Waals surface area contributed by atoms with Crippen molar-refractivity contribution in [3.63, 3.8) is 0 Å². The van der Waals surface area contributed by atoms with Crippen molar-refractivity contribution in [3.05, 3.63) is 94.5 Å². The molecule has 3 aromatic carbocycles. The quantitative estimate of drug-likeness (QED) is 0.576.